The molecule has 1 heterocycles. The van der Waals surface area contributed by atoms with Gasteiger partial charge in [0, 0.05) is 25.0 Å². The van der Waals surface area contributed by atoms with Crippen molar-refractivity contribution in [2.24, 2.45) is 11.8 Å². The fourth-order valence-electron chi connectivity index (χ4n) is 2.70. The molecule has 1 aliphatic carbocycles. The molecule has 0 spiro atoms. The van der Waals surface area contributed by atoms with E-state index >= 15 is 0 Å². The smallest absolute Gasteiger partial charge is 0.0462 e. The molecule has 94 valence electrons. The number of nitrogens with one attached hydrogen (secondary N) is 1. The first kappa shape index (κ1) is 12.5. The van der Waals surface area contributed by atoms with Gasteiger partial charge in [0.1, 0.15) is 0 Å². The molecule has 0 amide bonds. The minimum absolute atomic E-state index is 0.337. The molecule has 1 aromatic rings. The fraction of sp³-hybridized carbons (Fsp3) is 0.643. The van der Waals surface area contributed by atoms with Gasteiger partial charge >= 0.3 is 0 Å². The summed E-state index contributed by atoms with van der Waals surface area (Å²) in [7, 11) is 0. The highest BCUT2D eigenvalue weighted by Gasteiger charge is 2.26. The minimum Gasteiger partial charge on any atom is -0.396 e. The molecule has 17 heavy (non-hydrogen) atoms. The number of hydrogen-bond donors (Lipinski definition) is 2. The molecule has 3 nitrogen and oxygen atoms in total. The van der Waals surface area contributed by atoms with Gasteiger partial charge in [0.2, 0.25) is 0 Å². The Morgan fingerprint density at radius 3 is 3.00 bits per heavy atom. The lowest BCUT2D eigenvalue weighted by Crippen LogP contribution is -2.28. The van der Waals surface area contributed by atoms with E-state index < -0.39 is 0 Å². The van der Waals surface area contributed by atoms with E-state index in [2.05, 4.69) is 23.3 Å². The van der Waals surface area contributed by atoms with E-state index in [1.807, 2.05) is 12.3 Å². The van der Waals surface area contributed by atoms with E-state index in [1.54, 1.807) is 6.20 Å². The Labute approximate surface area is 103 Å². The topological polar surface area (TPSA) is 45.1 Å². The summed E-state index contributed by atoms with van der Waals surface area (Å²) in [5.41, 5.74) is 1.23. The molecule has 3 unspecified atom stereocenters. The third kappa shape index (κ3) is 3.27. The minimum atomic E-state index is 0.337. The second kappa shape index (κ2) is 6.12. The van der Waals surface area contributed by atoms with Crippen molar-refractivity contribution in [2.75, 3.05) is 13.2 Å². The lowest BCUT2D eigenvalue weighted by Gasteiger charge is -2.21. The Balaban J connectivity index is 1.82. The maximum Gasteiger partial charge on any atom is 0.0462 e. The Morgan fingerprint density at radius 2 is 2.29 bits per heavy atom. The summed E-state index contributed by atoms with van der Waals surface area (Å²) in [6.45, 7) is 3.51. The van der Waals surface area contributed by atoms with Crippen LogP contribution >= 0.6 is 0 Å². The van der Waals surface area contributed by atoms with Gasteiger partial charge in [0.05, 0.1) is 0 Å². The number of aromatic nitrogens is 1. The largest absolute Gasteiger partial charge is 0.396 e. The molecule has 1 aromatic heterocycles. The van der Waals surface area contributed by atoms with Crippen LogP contribution in [0.5, 0.6) is 0 Å². The van der Waals surface area contributed by atoms with Crippen molar-refractivity contribution >= 4 is 0 Å². The highest BCUT2D eigenvalue weighted by atomic mass is 16.3. The molecule has 0 aromatic carbocycles. The molecule has 0 saturated heterocycles. The lowest BCUT2D eigenvalue weighted by molar-refractivity contribution is 0.190. The first-order valence-corrected chi connectivity index (χ1v) is 6.55. The highest BCUT2D eigenvalue weighted by Crippen LogP contribution is 2.31. The Morgan fingerprint density at radius 1 is 1.47 bits per heavy atom. The normalized spacial score (nSPS) is 26.0. The van der Waals surface area contributed by atoms with Gasteiger partial charge in [-0.25, -0.2) is 0 Å². The molecule has 1 saturated carbocycles. The standard InChI is InChI=1S/C14H22N2O/c1-11(12-6-3-7-15-8-12)16-9-13-4-2-5-14(13)10-17/h3,6-8,11,13-14,16-17H,2,4-5,9-10H2,1H3. The number of aliphatic hydroxyl groups is 1. The van der Waals surface area contributed by atoms with Crippen LogP contribution in [0.4, 0.5) is 0 Å². The average Bonchev–Trinajstić information content (AvgIpc) is 2.84. The van der Waals surface area contributed by atoms with Gasteiger partial charge in [-0.1, -0.05) is 12.5 Å². The van der Waals surface area contributed by atoms with Crippen LogP contribution in [0.1, 0.15) is 37.8 Å². The van der Waals surface area contributed by atoms with Gasteiger partial charge in [0.25, 0.3) is 0 Å². The molecule has 2 rings (SSSR count). The van der Waals surface area contributed by atoms with Gasteiger partial charge < -0.3 is 10.4 Å². The summed E-state index contributed by atoms with van der Waals surface area (Å²) in [6.07, 6.45) is 7.41. The van der Waals surface area contributed by atoms with Crippen molar-refractivity contribution in [2.45, 2.75) is 32.2 Å². The first-order valence-electron chi connectivity index (χ1n) is 6.55. The van der Waals surface area contributed by atoms with Crippen molar-refractivity contribution in [3.63, 3.8) is 0 Å². The number of pyridine rings is 1. The number of nitrogens with zero attached hydrogens (tertiary/aromatic N) is 1. The van der Waals surface area contributed by atoms with Crippen LogP contribution in [0.3, 0.4) is 0 Å². The summed E-state index contributed by atoms with van der Waals surface area (Å²) in [5.74, 6) is 1.14. The first-order chi connectivity index (χ1) is 8.31. The van der Waals surface area contributed by atoms with Crippen LogP contribution in [0.2, 0.25) is 0 Å². The third-order valence-corrected chi connectivity index (χ3v) is 3.92. The van der Waals surface area contributed by atoms with Crippen LogP contribution in [-0.2, 0) is 0 Å². The Hall–Kier alpha value is -0.930. The van der Waals surface area contributed by atoms with Gasteiger partial charge in [-0.15, -0.1) is 0 Å². The van der Waals surface area contributed by atoms with Gasteiger partial charge in [-0.3, -0.25) is 4.98 Å². The maximum atomic E-state index is 9.28. The Kier molecular flexibility index (Phi) is 4.51. The summed E-state index contributed by atoms with van der Waals surface area (Å²) in [4.78, 5) is 4.14. The molecular formula is C14H22N2O. The average molecular weight is 234 g/mol. The second-order valence-corrected chi connectivity index (χ2v) is 5.05. The van der Waals surface area contributed by atoms with E-state index in [0.717, 1.165) is 6.54 Å². The predicted octanol–water partition coefficient (Wildman–Crippen LogP) is 2.14. The summed E-state index contributed by atoms with van der Waals surface area (Å²) >= 11 is 0. The fourth-order valence-corrected chi connectivity index (χ4v) is 2.70. The van der Waals surface area contributed by atoms with E-state index in [4.69, 9.17) is 0 Å². The summed E-state index contributed by atoms with van der Waals surface area (Å²) < 4.78 is 0. The zero-order chi connectivity index (χ0) is 12.1. The monoisotopic (exact) mass is 234 g/mol. The molecule has 3 atom stereocenters. The van der Waals surface area contributed by atoms with Crippen LogP contribution < -0.4 is 5.32 Å². The number of aliphatic hydroxyl groups excluding tert-OH is 1. The van der Waals surface area contributed by atoms with Crippen LogP contribution in [0.25, 0.3) is 0 Å². The zero-order valence-electron chi connectivity index (χ0n) is 10.5. The van der Waals surface area contributed by atoms with E-state index in [0.29, 0.717) is 24.5 Å². The van der Waals surface area contributed by atoms with Crippen molar-refractivity contribution in [1.82, 2.24) is 10.3 Å². The summed E-state index contributed by atoms with van der Waals surface area (Å²) in [5, 5.41) is 12.8. The van der Waals surface area contributed by atoms with E-state index in [9.17, 15) is 5.11 Å². The van der Waals surface area contributed by atoms with Crippen molar-refractivity contribution in [3.05, 3.63) is 30.1 Å². The number of rotatable bonds is 5. The van der Waals surface area contributed by atoms with Crippen LogP contribution in [-0.4, -0.2) is 23.2 Å². The van der Waals surface area contributed by atoms with E-state index in [1.165, 1.54) is 24.8 Å². The quantitative estimate of drug-likeness (QED) is 0.820. The van der Waals surface area contributed by atoms with Crippen LogP contribution in [0, 0.1) is 11.8 Å². The van der Waals surface area contributed by atoms with Gasteiger partial charge in [-0.2, -0.15) is 0 Å². The molecule has 1 aliphatic rings. The third-order valence-electron chi connectivity index (χ3n) is 3.92. The molecule has 2 N–H and O–H groups in total. The van der Waals surface area contributed by atoms with E-state index in [-0.39, 0.29) is 0 Å². The molecular weight excluding hydrogens is 212 g/mol. The van der Waals surface area contributed by atoms with Crippen LogP contribution in [0.15, 0.2) is 24.5 Å². The lowest BCUT2D eigenvalue weighted by atomic mass is 9.96. The van der Waals surface area contributed by atoms with Crippen molar-refractivity contribution < 1.29 is 5.11 Å². The highest BCUT2D eigenvalue weighted by molar-refractivity contribution is 5.12. The number of hydrogen-bond acceptors (Lipinski definition) is 3. The predicted molar refractivity (Wildman–Crippen MR) is 68.6 cm³/mol. The molecule has 0 bridgehead atoms. The van der Waals surface area contributed by atoms with Gasteiger partial charge in [0.15, 0.2) is 0 Å². The Bertz CT molecular complexity index is 328. The molecule has 0 aliphatic heterocycles. The SMILES string of the molecule is CC(NCC1CCCC1CO)c1cccnc1. The second-order valence-electron chi connectivity index (χ2n) is 5.05. The molecule has 3 heteroatoms. The zero-order valence-corrected chi connectivity index (χ0v) is 10.5. The van der Waals surface area contributed by atoms with Crippen molar-refractivity contribution in [1.29, 1.82) is 0 Å². The molecule has 0 radical (unpaired) electrons. The maximum absolute atomic E-state index is 9.28. The summed E-state index contributed by atoms with van der Waals surface area (Å²) in [6, 6.07) is 4.41. The van der Waals surface area contributed by atoms with Crippen molar-refractivity contribution in [3.8, 4) is 0 Å². The van der Waals surface area contributed by atoms with Gasteiger partial charge in [-0.05, 0) is 49.8 Å². The molecule has 1 fully saturated rings.